The fourth-order valence-corrected chi connectivity index (χ4v) is 2.07. The van der Waals surface area contributed by atoms with Crippen LogP contribution in [-0.2, 0) is 18.5 Å². The second kappa shape index (κ2) is 6.59. The third-order valence-electron chi connectivity index (χ3n) is 2.74. The van der Waals surface area contributed by atoms with Gasteiger partial charge in [-0.25, -0.2) is 4.68 Å². The molecule has 0 saturated carbocycles. The summed E-state index contributed by atoms with van der Waals surface area (Å²) in [6.45, 7) is -0.103. The Balaban J connectivity index is 1.97. The van der Waals surface area contributed by atoms with Gasteiger partial charge in [0.15, 0.2) is 0 Å². The second-order valence-electron chi connectivity index (χ2n) is 4.69. The number of nitrogens with one attached hydrogen (secondary N) is 1. The van der Waals surface area contributed by atoms with E-state index in [0.717, 1.165) is 4.68 Å². The van der Waals surface area contributed by atoms with Gasteiger partial charge in [-0.15, -0.1) is 0 Å². The fraction of sp³-hybridized carbons (Fsp3) is 0.417. The predicted octanol–water partition coefficient (Wildman–Crippen LogP) is 2.37. The van der Waals surface area contributed by atoms with E-state index < -0.39 is 18.7 Å². The van der Waals surface area contributed by atoms with Gasteiger partial charge >= 0.3 is 6.18 Å². The summed E-state index contributed by atoms with van der Waals surface area (Å²) in [5, 5.41) is 10.6. The van der Waals surface area contributed by atoms with Crippen molar-refractivity contribution < 1.29 is 22.7 Å². The van der Waals surface area contributed by atoms with Crippen molar-refractivity contribution in [3.8, 4) is 0 Å². The van der Waals surface area contributed by atoms with Crippen LogP contribution in [0.5, 0.6) is 0 Å². The average Bonchev–Trinajstić information content (AvgIpc) is 2.94. The number of rotatable bonds is 5. The van der Waals surface area contributed by atoms with Crippen molar-refractivity contribution >= 4 is 23.2 Å². The first kappa shape index (κ1) is 17.3. The number of amides is 1. The number of ether oxygens (including phenoxy) is 1. The molecule has 0 saturated heterocycles. The Morgan fingerprint density at radius 3 is 2.74 bits per heavy atom. The molecule has 1 amide bonds. The maximum Gasteiger partial charge on any atom is 0.411 e. The summed E-state index contributed by atoms with van der Waals surface area (Å²) in [5.41, 5.74) is 0.973. The Bertz CT molecular complexity index is 710. The lowest BCUT2D eigenvalue weighted by atomic mass is 10.3. The molecule has 126 valence electrons. The van der Waals surface area contributed by atoms with Crippen molar-refractivity contribution in [2.24, 2.45) is 7.05 Å². The quantitative estimate of drug-likeness (QED) is 0.897. The van der Waals surface area contributed by atoms with Crippen LogP contribution >= 0.6 is 11.6 Å². The van der Waals surface area contributed by atoms with Crippen molar-refractivity contribution in [1.29, 1.82) is 0 Å². The average molecular weight is 352 g/mol. The SMILES string of the molecule is Cc1nn(C)c(C(=O)Nc2cnn(COCC(F)(F)F)c2)c1Cl. The first-order valence-corrected chi connectivity index (χ1v) is 6.72. The van der Waals surface area contributed by atoms with Crippen molar-refractivity contribution in [3.63, 3.8) is 0 Å². The van der Waals surface area contributed by atoms with Gasteiger partial charge in [-0.3, -0.25) is 9.48 Å². The summed E-state index contributed by atoms with van der Waals surface area (Å²) in [6.07, 6.45) is -1.78. The minimum atomic E-state index is -4.40. The van der Waals surface area contributed by atoms with Gasteiger partial charge < -0.3 is 10.1 Å². The smallest absolute Gasteiger partial charge is 0.350 e. The zero-order chi connectivity index (χ0) is 17.2. The maximum atomic E-state index is 12.2. The molecule has 1 N–H and O–H groups in total. The van der Waals surface area contributed by atoms with Crippen LogP contribution in [0.3, 0.4) is 0 Å². The number of hydrogen-bond acceptors (Lipinski definition) is 4. The normalized spacial score (nSPS) is 11.7. The van der Waals surface area contributed by atoms with Crippen LogP contribution in [0, 0.1) is 6.92 Å². The third kappa shape index (κ3) is 4.45. The number of alkyl halides is 3. The minimum absolute atomic E-state index is 0.172. The van der Waals surface area contributed by atoms with Crippen LogP contribution in [-0.4, -0.2) is 38.3 Å². The van der Waals surface area contributed by atoms with Gasteiger partial charge in [0.25, 0.3) is 5.91 Å². The van der Waals surface area contributed by atoms with E-state index >= 15 is 0 Å². The number of carbonyl (C=O) groups is 1. The molecule has 2 heterocycles. The van der Waals surface area contributed by atoms with Crippen molar-refractivity contribution in [2.45, 2.75) is 19.8 Å². The van der Waals surface area contributed by atoms with E-state index in [1.165, 1.54) is 17.1 Å². The summed E-state index contributed by atoms with van der Waals surface area (Å²) >= 11 is 6.00. The number of anilines is 1. The van der Waals surface area contributed by atoms with Gasteiger partial charge in [0.2, 0.25) is 0 Å². The van der Waals surface area contributed by atoms with E-state index in [-0.39, 0.29) is 17.4 Å². The summed E-state index contributed by atoms with van der Waals surface area (Å²) in [5.74, 6) is -0.506. The Morgan fingerprint density at radius 1 is 1.48 bits per heavy atom. The van der Waals surface area contributed by atoms with Crippen LogP contribution in [0.1, 0.15) is 16.2 Å². The van der Waals surface area contributed by atoms with Crippen molar-refractivity contribution in [2.75, 3.05) is 11.9 Å². The highest BCUT2D eigenvalue weighted by atomic mass is 35.5. The van der Waals surface area contributed by atoms with E-state index in [0.29, 0.717) is 11.4 Å². The molecule has 0 fully saturated rings. The number of nitrogens with zero attached hydrogens (tertiary/aromatic N) is 4. The number of aromatic nitrogens is 4. The highest BCUT2D eigenvalue weighted by Crippen LogP contribution is 2.20. The number of aryl methyl sites for hydroxylation is 2. The first-order valence-electron chi connectivity index (χ1n) is 6.35. The summed E-state index contributed by atoms with van der Waals surface area (Å²) < 4.78 is 42.8. The Morgan fingerprint density at radius 2 is 2.17 bits per heavy atom. The molecule has 2 aromatic rings. The highest BCUT2D eigenvalue weighted by molar-refractivity contribution is 6.34. The molecule has 7 nitrogen and oxygen atoms in total. The Labute approximate surface area is 134 Å². The monoisotopic (exact) mass is 351 g/mol. The number of halogens is 4. The summed E-state index contributed by atoms with van der Waals surface area (Å²) in [7, 11) is 1.57. The lowest BCUT2D eigenvalue weighted by Crippen LogP contribution is -2.18. The molecule has 0 aliphatic heterocycles. The molecular formula is C12H13ClF3N5O2. The molecule has 0 radical (unpaired) electrons. The zero-order valence-electron chi connectivity index (χ0n) is 12.2. The van der Waals surface area contributed by atoms with Crippen molar-refractivity contribution in [1.82, 2.24) is 19.6 Å². The molecule has 0 unspecified atom stereocenters. The largest absolute Gasteiger partial charge is 0.411 e. The molecule has 0 spiro atoms. The molecular weight excluding hydrogens is 339 g/mol. The molecule has 0 bridgehead atoms. The topological polar surface area (TPSA) is 74.0 Å². The molecule has 23 heavy (non-hydrogen) atoms. The Kier molecular flexibility index (Phi) is 4.95. The minimum Gasteiger partial charge on any atom is -0.350 e. The van der Waals surface area contributed by atoms with Gasteiger partial charge in [0.1, 0.15) is 19.0 Å². The molecule has 2 rings (SSSR count). The van der Waals surface area contributed by atoms with E-state index in [1.54, 1.807) is 14.0 Å². The van der Waals surface area contributed by atoms with Crippen LogP contribution in [0.25, 0.3) is 0 Å². The van der Waals surface area contributed by atoms with Crippen LogP contribution in [0.15, 0.2) is 12.4 Å². The Hall–Kier alpha value is -2.07. The van der Waals surface area contributed by atoms with Crippen LogP contribution < -0.4 is 5.32 Å². The van der Waals surface area contributed by atoms with Gasteiger partial charge in [-0.05, 0) is 6.92 Å². The van der Waals surface area contributed by atoms with Crippen LogP contribution in [0.2, 0.25) is 5.02 Å². The molecule has 0 aromatic carbocycles. The predicted molar refractivity (Wildman–Crippen MR) is 75.1 cm³/mol. The third-order valence-corrected chi connectivity index (χ3v) is 3.20. The lowest BCUT2D eigenvalue weighted by molar-refractivity contribution is -0.182. The van der Waals surface area contributed by atoms with Gasteiger partial charge in [0, 0.05) is 7.05 Å². The summed E-state index contributed by atoms with van der Waals surface area (Å²) in [6, 6.07) is 0. The van der Waals surface area contributed by atoms with Gasteiger partial charge in [-0.1, -0.05) is 11.6 Å². The van der Waals surface area contributed by atoms with E-state index in [9.17, 15) is 18.0 Å². The molecule has 0 aliphatic carbocycles. The van der Waals surface area contributed by atoms with Crippen molar-refractivity contribution in [3.05, 3.63) is 28.8 Å². The van der Waals surface area contributed by atoms with Gasteiger partial charge in [0.05, 0.1) is 28.8 Å². The highest BCUT2D eigenvalue weighted by Gasteiger charge is 2.27. The summed E-state index contributed by atoms with van der Waals surface area (Å²) in [4.78, 5) is 12.2. The standard InChI is InChI=1S/C12H13ClF3N5O2/c1-7-9(13)10(20(2)19-7)11(22)18-8-3-17-21(4-8)6-23-5-12(14,15)16/h3-4H,5-6H2,1-2H3,(H,18,22). The van der Waals surface area contributed by atoms with Crippen LogP contribution in [0.4, 0.5) is 18.9 Å². The van der Waals surface area contributed by atoms with Gasteiger partial charge in [-0.2, -0.15) is 23.4 Å². The molecule has 0 atom stereocenters. The lowest BCUT2D eigenvalue weighted by Gasteiger charge is -2.07. The van der Waals surface area contributed by atoms with E-state index in [2.05, 4.69) is 20.3 Å². The van der Waals surface area contributed by atoms with E-state index in [1.807, 2.05) is 0 Å². The first-order chi connectivity index (χ1) is 10.7. The van der Waals surface area contributed by atoms with E-state index in [4.69, 9.17) is 11.6 Å². The zero-order valence-corrected chi connectivity index (χ0v) is 12.9. The second-order valence-corrected chi connectivity index (χ2v) is 5.06. The molecule has 2 aromatic heterocycles. The maximum absolute atomic E-state index is 12.2. The fourth-order valence-electron chi connectivity index (χ4n) is 1.82. The molecule has 0 aliphatic rings. The number of hydrogen-bond donors (Lipinski definition) is 1. The molecule has 11 heteroatoms. The number of carbonyl (C=O) groups excluding carboxylic acids is 1.